The lowest BCUT2D eigenvalue weighted by Crippen LogP contribution is -2.20. The van der Waals surface area contributed by atoms with Gasteiger partial charge in [0.25, 0.3) is 0 Å². The number of hydrogen-bond acceptors (Lipinski definition) is 6. The molecule has 140 valence electrons. The molecule has 0 atom stereocenters. The minimum atomic E-state index is -0.554. The fraction of sp³-hybridized carbons (Fsp3) is 0.200. The molecule has 2 heterocycles. The van der Waals surface area contributed by atoms with Gasteiger partial charge < -0.3 is 0 Å². The van der Waals surface area contributed by atoms with Crippen LogP contribution in [0.2, 0.25) is 10.0 Å². The largest absolute Gasteiger partial charge is 0.309 e. The summed E-state index contributed by atoms with van der Waals surface area (Å²) in [5.41, 5.74) is 0.878. The topological polar surface area (TPSA) is 121 Å². The van der Waals surface area contributed by atoms with Crippen molar-refractivity contribution in [2.24, 2.45) is 0 Å². The second-order valence-electron chi connectivity index (χ2n) is 5.60. The fourth-order valence-electron chi connectivity index (χ4n) is 2.33. The van der Waals surface area contributed by atoms with E-state index in [0.29, 0.717) is 16.6 Å². The molecule has 0 bridgehead atoms. The number of amides is 1. The van der Waals surface area contributed by atoms with Gasteiger partial charge in [0.2, 0.25) is 11.9 Å². The van der Waals surface area contributed by atoms with E-state index in [-0.39, 0.29) is 23.9 Å². The van der Waals surface area contributed by atoms with Gasteiger partial charge in [-0.3, -0.25) is 24.9 Å². The van der Waals surface area contributed by atoms with Crippen molar-refractivity contribution in [1.29, 1.82) is 0 Å². The van der Waals surface area contributed by atoms with E-state index in [9.17, 15) is 14.9 Å². The predicted octanol–water partition coefficient (Wildman–Crippen LogP) is 2.69. The van der Waals surface area contributed by atoms with Crippen molar-refractivity contribution in [1.82, 2.24) is 24.5 Å². The van der Waals surface area contributed by atoms with Crippen LogP contribution in [0.4, 0.5) is 11.6 Å². The van der Waals surface area contributed by atoms with Gasteiger partial charge >= 0.3 is 5.69 Å². The summed E-state index contributed by atoms with van der Waals surface area (Å²) in [6.07, 6.45) is 2.65. The maximum absolute atomic E-state index is 12.1. The first-order chi connectivity index (χ1) is 12.8. The van der Waals surface area contributed by atoms with Gasteiger partial charge in [0.15, 0.2) is 0 Å². The molecular weight excluding hydrogens is 397 g/mol. The molecule has 1 amide bonds. The third kappa shape index (κ3) is 4.60. The van der Waals surface area contributed by atoms with Crippen LogP contribution in [0, 0.1) is 17.0 Å². The van der Waals surface area contributed by atoms with Crippen molar-refractivity contribution in [3.63, 3.8) is 0 Å². The van der Waals surface area contributed by atoms with E-state index in [1.165, 1.54) is 28.8 Å². The zero-order valence-corrected chi connectivity index (χ0v) is 15.5. The van der Waals surface area contributed by atoms with Crippen LogP contribution in [-0.4, -0.2) is 35.4 Å². The third-order valence-corrected chi connectivity index (χ3v) is 4.14. The number of rotatable bonds is 6. The van der Waals surface area contributed by atoms with Crippen molar-refractivity contribution in [2.75, 3.05) is 5.32 Å². The number of nitrogens with one attached hydrogen (secondary N) is 1. The lowest BCUT2D eigenvalue weighted by atomic mass is 10.2. The smallest absolute Gasteiger partial charge is 0.292 e. The van der Waals surface area contributed by atoms with Gasteiger partial charge in [0, 0.05) is 10.0 Å². The third-order valence-electron chi connectivity index (χ3n) is 3.56. The summed E-state index contributed by atoms with van der Waals surface area (Å²) in [4.78, 5) is 26.3. The van der Waals surface area contributed by atoms with Crippen LogP contribution in [0.15, 0.2) is 30.7 Å². The molecule has 0 aliphatic heterocycles. The van der Waals surface area contributed by atoms with Gasteiger partial charge in [-0.2, -0.15) is 5.10 Å². The van der Waals surface area contributed by atoms with E-state index < -0.39 is 10.8 Å². The van der Waals surface area contributed by atoms with Gasteiger partial charge in [0.05, 0.1) is 11.5 Å². The van der Waals surface area contributed by atoms with Crippen LogP contribution in [0.5, 0.6) is 0 Å². The standard InChI is InChI=1S/C15H13Cl2N7O3/c1-9-13(24(26)27)6-22(20-9)7-14(25)19-15-18-8-23(21-15)5-10-2-3-11(16)4-12(10)17/h2-4,6,8H,5,7H2,1H3,(H,19,21,25). The van der Waals surface area contributed by atoms with E-state index in [1.807, 2.05) is 0 Å². The van der Waals surface area contributed by atoms with E-state index in [1.54, 1.807) is 18.2 Å². The van der Waals surface area contributed by atoms with Gasteiger partial charge in [0.1, 0.15) is 24.8 Å². The molecule has 3 aromatic rings. The number of aromatic nitrogens is 5. The molecule has 0 saturated carbocycles. The minimum Gasteiger partial charge on any atom is -0.292 e. The minimum absolute atomic E-state index is 0.100. The van der Waals surface area contributed by atoms with Crippen LogP contribution in [-0.2, 0) is 17.9 Å². The number of carbonyl (C=O) groups is 1. The Morgan fingerprint density at radius 3 is 2.74 bits per heavy atom. The number of carbonyl (C=O) groups excluding carboxylic acids is 1. The van der Waals surface area contributed by atoms with Crippen LogP contribution in [0.1, 0.15) is 11.3 Å². The molecule has 0 spiro atoms. The second kappa shape index (κ2) is 7.72. The highest BCUT2D eigenvalue weighted by atomic mass is 35.5. The molecule has 1 aromatic carbocycles. The monoisotopic (exact) mass is 409 g/mol. The molecule has 3 rings (SSSR count). The van der Waals surface area contributed by atoms with Gasteiger partial charge in [-0.1, -0.05) is 29.3 Å². The Balaban J connectivity index is 1.62. The maximum Gasteiger partial charge on any atom is 0.309 e. The van der Waals surface area contributed by atoms with Crippen molar-refractivity contribution < 1.29 is 9.72 Å². The number of aryl methyl sites for hydroxylation is 1. The summed E-state index contributed by atoms with van der Waals surface area (Å²) >= 11 is 12.0. The van der Waals surface area contributed by atoms with E-state index >= 15 is 0 Å². The average molecular weight is 410 g/mol. The van der Waals surface area contributed by atoms with Crippen LogP contribution < -0.4 is 5.32 Å². The quantitative estimate of drug-likeness (QED) is 0.493. The predicted molar refractivity (Wildman–Crippen MR) is 97.8 cm³/mol. The number of nitro groups is 1. The van der Waals surface area contributed by atoms with Crippen LogP contribution in [0.25, 0.3) is 0 Å². The summed E-state index contributed by atoms with van der Waals surface area (Å²) < 4.78 is 2.70. The SMILES string of the molecule is Cc1nn(CC(=O)Nc2ncn(Cc3ccc(Cl)cc3Cl)n2)cc1[N+](=O)[O-]. The Labute approximate surface area is 162 Å². The van der Waals surface area contributed by atoms with E-state index in [2.05, 4.69) is 20.5 Å². The number of nitrogens with zero attached hydrogens (tertiary/aromatic N) is 6. The molecular formula is C15H13Cl2N7O3. The summed E-state index contributed by atoms with van der Waals surface area (Å²) in [7, 11) is 0. The molecule has 0 aliphatic rings. The molecule has 0 aliphatic carbocycles. The summed E-state index contributed by atoms with van der Waals surface area (Å²) in [6, 6.07) is 5.12. The van der Waals surface area contributed by atoms with Gasteiger partial charge in [-0.25, -0.2) is 9.67 Å². The molecule has 12 heteroatoms. The molecule has 0 unspecified atom stereocenters. The Morgan fingerprint density at radius 2 is 2.07 bits per heavy atom. The van der Waals surface area contributed by atoms with Gasteiger partial charge in [-0.15, -0.1) is 5.10 Å². The molecule has 2 aromatic heterocycles. The Kier molecular flexibility index (Phi) is 5.38. The first kappa shape index (κ1) is 18.8. The second-order valence-corrected chi connectivity index (χ2v) is 6.45. The first-order valence-corrected chi connectivity index (χ1v) is 8.39. The molecule has 27 heavy (non-hydrogen) atoms. The van der Waals surface area contributed by atoms with E-state index in [0.717, 1.165) is 5.56 Å². The summed E-state index contributed by atoms with van der Waals surface area (Å²) in [5.74, 6) is -0.363. The molecule has 0 saturated heterocycles. The molecule has 10 nitrogen and oxygen atoms in total. The Bertz CT molecular complexity index is 1010. The van der Waals surface area contributed by atoms with Crippen molar-refractivity contribution in [2.45, 2.75) is 20.0 Å². The highest BCUT2D eigenvalue weighted by Crippen LogP contribution is 2.21. The number of anilines is 1. The highest BCUT2D eigenvalue weighted by molar-refractivity contribution is 6.35. The van der Waals surface area contributed by atoms with Gasteiger partial charge in [-0.05, 0) is 24.6 Å². The first-order valence-electron chi connectivity index (χ1n) is 7.63. The number of hydrogen-bond donors (Lipinski definition) is 1. The average Bonchev–Trinajstić information content (AvgIpc) is 3.16. The fourth-order valence-corrected chi connectivity index (χ4v) is 2.80. The zero-order valence-electron chi connectivity index (χ0n) is 14.0. The van der Waals surface area contributed by atoms with Crippen LogP contribution in [0.3, 0.4) is 0 Å². The number of halogens is 2. The summed E-state index contributed by atoms with van der Waals surface area (Å²) in [5, 5.41) is 22.4. The normalized spacial score (nSPS) is 10.8. The van der Waals surface area contributed by atoms with Crippen molar-refractivity contribution in [3.8, 4) is 0 Å². The molecule has 1 N–H and O–H groups in total. The molecule has 0 radical (unpaired) electrons. The Morgan fingerprint density at radius 1 is 1.30 bits per heavy atom. The Hall–Kier alpha value is -2.98. The van der Waals surface area contributed by atoms with Crippen molar-refractivity contribution in [3.05, 3.63) is 62.1 Å². The van der Waals surface area contributed by atoms with E-state index in [4.69, 9.17) is 23.2 Å². The lowest BCUT2D eigenvalue weighted by molar-refractivity contribution is -0.385. The highest BCUT2D eigenvalue weighted by Gasteiger charge is 2.17. The summed E-state index contributed by atoms with van der Waals surface area (Å²) in [6.45, 7) is 1.65. The zero-order chi connectivity index (χ0) is 19.6. The number of benzene rings is 1. The van der Waals surface area contributed by atoms with Crippen LogP contribution >= 0.6 is 23.2 Å². The maximum atomic E-state index is 12.1. The lowest BCUT2D eigenvalue weighted by Gasteiger charge is -2.04. The molecule has 0 fully saturated rings. The van der Waals surface area contributed by atoms with Crippen molar-refractivity contribution >= 4 is 40.7 Å².